The first-order chi connectivity index (χ1) is 6.65. The van der Waals surface area contributed by atoms with E-state index in [1.807, 2.05) is 0 Å². The van der Waals surface area contributed by atoms with Crippen LogP contribution in [0.1, 0.15) is 12.0 Å². The van der Waals surface area contributed by atoms with Crippen molar-refractivity contribution in [1.29, 1.82) is 5.26 Å². The Morgan fingerprint density at radius 2 is 2.07 bits per heavy atom. The molecule has 0 saturated carbocycles. The molecule has 0 heterocycles. The molecule has 1 rings (SSSR count). The number of hydrogen-bond donors (Lipinski definition) is 1. The van der Waals surface area contributed by atoms with Crippen LogP contribution in [0, 0.1) is 34.8 Å². The van der Waals surface area contributed by atoms with Crippen molar-refractivity contribution < 1.29 is 8.78 Å². The van der Waals surface area contributed by atoms with Crippen LogP contribution in [-0.4, -0.2) is 0 Å². The van der Waals surface area contributed by atoms with Crippen LogP contribution in [0.15, 0.2) is 12.1 Å². The number of nitriles is 1. The van der Waals surface area contributed by atoms with Crippen molar-refractivity contribution in [1.82, 2.24) is 0 Å². The minimum absolute atomic E-state index is 0.0176. The van der Waals surface area contributed by atoms with Crippen molar-refractivity contribution in [3.8, 4) is 17.9 Å². The molecule has 0 radical (unpaired) electrons. The van der Waals surface area contributed by atoms with E-state index in [2.05, 4.69) is 11.8 Å². The smallest absolute Gasteiger partial charge is 0.143 e. The van der Waals surface area contributed by atoms with E-state index in [4.69, 9.17) is 11.0 Å². The highest BCUT2D eigenvalue weighted by molar-refractivity contribution is 5.56. The molecule has 0 fully saturated rings. The number of halogens is 2. The summed E-state index contributed by atoms with van der Waals surface area (Å²) in [6.45, 7) is 0. The highest BCUT2D eigenvalue weighted by Gasteiger charge is 2.05. The molecule has 0 bridgehead atoms. The van der Waals surface area contributed by atoms with Crippen LogP contribution in [0.5, 0.6) is 0 Å². The minimum atomic E-state index is -0.812. The summed E-state index contributed by atoms with van der Waals surface area (Å²) in [6, 6.07) is 3.46. The molecule has 1 aromatic carbocycles. The number of nitrogens with two attached hydrogens (primary N) is 1. The van der Waals surface area contributed by atoms with E-state index in [0.29, 0.717) is 6.07 Å². The van der Waals surface area contributed by atoms with Crippen molar-refractivity contribution in [3.63, 3.8) is 0 Å². The molecule has 0 saturated heterocycles. The molecule has 0 atom stereocenters. The van der Waals surface area contributed by atoms with Gasteiger partial charge in [0, 0.05) is 6.07 Å². The molecule has 14 heavy (non-hydrogen) atoms. The van der Waals surface area contributed by atoms with E-state index < -0.39 is 11.6 Å². The standard InChI is InChI=1S/C10H6F2N2/c11-7-5-9(12)8(10(14)6-7)3-1-2-4-13/h5-6H,2,14H2. The SMILES string of the molecule is N#CCC#Cc1c(N)cc(F)cc1F. The number of nitrogen functional groups attached to an aromatic ring is 1. The van der Waals surface area contributed by atoms with Gasteiger partial charge in [0.25, 0.3) is 0 Å². The van der Waals surface area contributed by atoms with E-state index in [0.717, 1.165) is 6.07 Å². The quantitative estimate of drug-likeness (QED) is 0.503. The van der Waals surface area contributed by atoms with Gasteiger partial charge in [-0.2, -0.15) is 5.26 Å². The molecule has 0 aromatic heterocycles. The molecule has 0 amide bonds. The summed E-state index contributed by atoms with van der Waals surface area (Å²) in [4.78, 5) is 0. The summed E-state index contributed by atoms with van der Waals surface area (Å²) in [5.74, 6) is 3.21. The lowest BCUT2D eigenvalue weighted by atomic mass is 10.1. The number of anilines is 1. The van der Waals surface area contributed by atoms with Gasteiger partial charge < -0.3 is 5.73 Å². The predicted molar refractivity (Wildman–Crippen MR) is 47.9 cm³/mol. The summed E-state index contributed by atoms with van der Waals surface area (Å²) < 4.78 is 25.6. The van der Waals surface area contributed by atoms with Crippen LogP contribution in [-0.2, 0) is 0 Å². The first-order valence-electron chi connectivity index (χ1n) is 3.75. The number of benzene rings is 1. The van der Waals surface area contributed by atoms with Crippen molar-refractivity contribution in [2.75, 3.05) is 5.73 Å². The molecule has 0 aliphatic carbocycles. The summed E-state index contributed by atoms with van der Waals surface area (Å²) in [7, 11) is 0. The second-order valence-corrected chi connectivity index (χ2v) is 2.49. The Labute approximate surface area is 80.0 Å². The summed E-state index contributed by atoms with van der Waals surface area (Å²) >= 11 is 0. The summed E-state index contributed by atoms with van der Waals surface area (Å²) in [6.07, 6.45) is -0.0176. The Kier molecular flexibility index (Phi) is 3.04. The molecule has 2 nitrogen and oxygen atoms in total. The van der Waals surface area contributed by atoms with Gasteiger partial charge in [-0.15, -0.1) is 0 Å². The van der Waals surface area contributed by atoms with Gasteiger partial charge >= 0.3 is 0 Å². The van der Waals surface area contributed by atoms with Gasteiger partial charge in [0.2, 0.25) is 0 Å². The fourth-order valence-electron chi connectivity index (χ4n) is 0.897. The van der Waals surface area contributed by atoms with Crippen LogP contribution < -0.4 is 5.73 Å². The van der Waals surface area contributed by atoms with Crippen molar-refractivity contribution >= 4 is 5.69 Å². The minimum Gasteiger partial charge on any atom is -0.398 e. The zero-order valence-electron chi connectivity index (χ0n) is 7.14. The predicted octanol–water partition coefficient (Wildman–Crippen LogP) is 1.81. The molecular weight excluding hydrogens is 186 g/mol. The first-order valence-corrected chi connectivity index (χ1v) is 3.75. The summed E-state index contributed by atoms with van der Waals surface area (Å²) in [5.41, 5.74) is 5.21. The number of nitrogens with zero attached hydrogens (tertiary/aromatic N) is 1. The van der Waals surface area contributed by atoms with E-state index in [1.54, 1.807) is 6.07 Å². The van der Waals surface area contributed by atoms with E-state index in [9.17, 15) is 8.78 Å². The maximum Gasteiger partial charge on any atom is 0.143 e. The van der Waals surface area contributed by atoms with Crippen LogP contribution in [0.2, 0.25) is 0 Å². The summed E-state index contributed by atoms with van der Waals surface area (Å²) in [5, 5.41) is 8.19. The molecule has 0 aliphatic rings. The highest BCUT2D eigenvalue weighted by Crippen LogP contribution is 2.16. The van der Waals surface area contributed by atoms with Gasteiger partial charge in [0.05, 0.1) is 23.7 Å². The number of hydrogen-bond acceptors (Lipinski definition) is 2. The molecule has 2 N–H and O–H groups in total. The monoisotopic (exact) mass is 192 g/mol. The van der Waals surface area contributed by atoms with Crippen LogP contribution in [0.4, 0.5) is 14.5 Å². The van der Waals surface area contributed by atoms with E-state index in [1.165, 1.54) is 0 Å². The van der Waals surface area contributed by atoms with Crippen LogP contribution in [0.25, 0.3) is 0 Å². The normalized spacial score (nSPS) is 8.64. The molecule has 70 valence electrons. The van der Waals surface area contributed by atoms with E-state index in [-0.39, 0.29) is 17.7 Å². The highest BCUT2D eigenvalue weighted by atomic mass is 19.1. The zero-order chi connectivity index (χ0) is 10.6. The Morgan fingerprint density at radius 1 is 1.36 bits per heavy atom. The van der Waals surface area contributed by atoms with Gasteiger partial charge in [-0.3, -0.25) is 0 Å². The van der Waals surface area contributed by atoms with Crippen LogP contribution >= 0.6 is 0 Å². The maximum atomic E-state index is 13.0. The fraction of sp³-hybridized carbons (Fsp3) is 0.100. The molecule has 4 heteroatoms. The maximum absolute atomic E-state index is 13.0. The molecule has 0 spiro atoms. The Bertz CT molecular complexity index is 426. The van der Waals surface area contributed by atoms with Crippen molar-refractivity contribution in [3.05, 3.63) is 29.3 Å². The average molecular weight is 192 g/mol. The molecular formula is C10H6F2N2. The third-order valence-electron chi connectivity index (χ3n) is 1.47. The van der Waals surface area contributed by atoms with Gasteiger partial charge in [-0.1, -0.05) is 11.8 Å². The van der Waals surface area contributed by atoms with Crippen molar-refractivity contribution in [2.45, 2.75) is 6.42 Å². The Morgan fingerprint density at radius 3 is 2.64 bits per heavy atom. The second kappa shape index (κ2) is 4.25. The third-order valence-corrected chi connectivity index (χ3v) is 1.47. The number of rotatable bonds is 0. The van der Waals surface area contributed by atoms with E-state index >= 15 is 0 Å². The first kappa shape index (κ1) is 10.0. The lowest BCUT2D eigenvalue weighted by Crippen LogP contribution is -1.95. The zero-order valence-corrected chi connectivity index (χ0v) is 7.14. The van der Waals surface area contributed by atoms with Gasteiger partial charge in [0.1, 0.15) is 11.6 Å². The molecule has 0 aliphatic heterocycles. The largest absolute Gasteiger partial charge is 0.398 e. The van der Waals surface area contributed by atoms with Gasteiger partial charge in [-0.05, 0) is 6.07 Å². The average Bonchev–Trinajstić information content (AvgIpc) is 2.09. The van der Waals surface area contributed by atoms with Crippen molar-refractivity contribution in [2.24, 2.45) is 0 Å². The van der Waals surface area contributed by atoms with Crippen LogP contribution in [0.3, 0.4) is 0 Å². The lowest BCUT2D eigenvalue weighted by Gasteiger charge is -1.99. The second-order valence-electron chi connectivity index (χ2n) is 2.49. The topological polar surface area (TPSA) is 49.8 Å². The third kappa shape index (κ3) is 2.21. The lowest BCUT2D eigenvalue weighted by molar-refractivity contribution is 0.582. The Balaban J connectivity index is 3.12. The van der Waals surface area contributed by atoms with Gasteiger partial charge in [-0.25, -0.2) is 8.78 Å². The van der Waals surface area contributed by atoms with Gasteiger partial charge in [0.15, 0.2) is 0 Å². The molecule has 1 aromatic rings. The fourth-order valence-corrected chi connectivity index (χ4v) is 0.897. The molecule has 0 unspecified atom stereocenters. The Hall–Kier alpha value is -2.07.